The fourth-order valence-corrected chi connectivity index (χ4v) is 2.28. The fourth-order valence-electron chi connectivity index (χ4n) is 2.28. The highest BCUT2D eigenvalue weighted by molar-refractivity contribution is 5.79. The lowest BCUT2D eigenvalue weighted by atomic mass is 10.1. The number of likely N-dealkylation sites (N-methyl/N-ethyl adjacent to an activating group) is 1. The maximum atomic E-state index is 11.9. The number of pyridine rings is 1. The summed E-state index contributed by atoms with van der Waals surface area (Å²) in [7, 11) is 1.85. The highest BCUT2D eigenvalue weighted by atomic mass is 16.5. The zero-order valence-corrected chi connectivity index (χ0v) is 12.9. The van der Waals surface area contributed by atoms with E-state index in [4.69, 9.17) is 4.52 Å². The molecule has 0 bridgehead atoms. The molecule has 0 saturated heterocycles. The van der Waals surface area contributed by atoms with E-state index in [0.29, 0.717) is 28.9 Å². The van der Waals surface area contributed by atoms with Gasteiger partial charge in [-0.05, 0) is 32.5 Å². The fraction of sp³-hybridized carbons (Fsp3) is 0.357. The van der Waals surface area contributed by atoms with Crippen LogP contribution in [0.2, 0.25) is 0 Å². The molecule has 0 fully saturated rings. The zero-order valence-electron chi connectivity index (χ0n) is 12.9. The van der Waals surface area contributed by atoms with Crippen molar-refractivity contribution in [1.29, 1.82) is 0 Å². The molecule has 9 nitrogen and oxygen atoms in total. The van der Waals surface area contributed by atoms with E-state index in [1.54, 1.807) is 13.0 Å². The zero-order chi connectivity index (χ0) is 16.6. The molecule has 1 atom stereocenters. The minimum absolute atomic E-state index is 0.192. The van der Waals surface area contributed by atoms with Crippen molar-refractivity contribution in [2.75, 3.05) is 7.05 Å². The van der Waals surface area contributed by atoms with Gasteiger partial charge in [0.1, 0.15) is 11.3 Å². The molecule has 0 spiro atoms. The third-order valence-electron chi connectivity index (χ3n) is 3.57. The van der Waals surface area contributed by atoms with Crippen molar-refractivity contribution in [2.45, 2.75) is 26.3 Å². The van der Waals surface area contributed by atoms with Crippen molar-refractivity contribution in [3.63, 3.8) is 0 Å². The Kier molecular flexibility index (Phi) is 3.78. The Morgan fingerprint density at radius 2 is 2.09 bits per heavy atom. The predicted molar refractivity (Wildman–Crippen MR) is 83.2 cm³/mol. The van der Waals surface area contributed by atoms with E-state index in [0.717, 1.165) is 0 Å². The van der Waals surface area contributed by atoms with Gasteiger partial charge in [-0.2, -0.15) is 4.98 Å². The molecule has 9 heteroatoms. The Balaban J connectivity index is 2.07. The number of H-pyrrole nitrogens is 2. The molecule has 0 aliphatic rings. The lowest BCUT2D eigenvalue weighted by molar-refractivity contribution is 0.417. The van der Waals surface area contributed by atoms with Gasteiger partial charge in [-0.1, -0.05) is 5.16 Å². The molecule has 23 heavy (non-hydrogen) atoms. The molecule has 3 aromatic heterocycles. The number of aryl methyl sites for hydroxylation is 1. The van der Waals surface area contributed by atoms with E-state index in [-0.39, 0.29) is 17.6 Å². The molecule has 0 aliphatic heterocycles. The third kappa shape index (κ3) is 2.90. The van der Waals surface area contributed by atoms with Crippen molar-refractivity contribution in [1.82, 2.24) is 30.4 Å². The van der Waals surface area contributed by atoms with Crippen molar-refractivity contribution < 1.29 is 4.52 Å². The van der Waals surface area contributed by atoms with E-state index < -0.39 is 11.2 Å². The van der Waals surface area contributed by atoms with Gasteiger partial charge in [0, 0.05) is 12.5 Å². The molecule has 0 aliphatic carbocycles. The van der Waals surface area contributed by atoms with Crippen LogP contribution in [0.3, 0.4) is 0 Å². The predicted octanol–water partition coefficient (Wildman–Crippen LogP) is 0.120. The minimum Gasteiger partial charge on any atom is -0.332 e. The lowest BCUT2D eigenvalue weighted by Crippen LogP contribution is -2.24. The number of aromatic nitrogens is 5. The Bertz CT molecular complexity index is 971. The second-order valence-corrected chi connectivity index (χ2v) is 5.37. The molecular weight excluding hydrogens is 300 g/mol. The van der Waals surface area contributed by atoms with Crippen LogP contribution in [-0.2, 0) is 6.42 Å². The van der Waals surface area contributed by atoms with Gasteiger partial charge in [0.05, 0.1) is 5.39 Å². The van der Waals surface area contributed by atoms with Crippen LogP contribution in [0, 0.1) is 6.92 Å². The highest BCUT2D eigenvalue weighted by Gasteiger charge is 2.15. The summed E-state index contributed by atoms with van der Waals surface area (Å²) < 4.78 is 5.23. The summed E-state index contributed by atoms with van der Waals surface area (Å²) in [6.45, 7) is 3.76. The summed E-state index contributed by atoms with van der Waals surface area (Å²) in [6.07, 6.45) is 0.614. The van der Waals surface area contributed by atoms with Crippen LogP contribution in [0.15, 0.2) is 20.2 Å². The minimum atomic E-state index is -0.611. The van der Waals surface area contributed by atoms with E-state index in [1.165, 1.54) is 0 Å². The first-order valence-electron chi connectivity index (χ1n) is 7.12. The van der Waals surface area contributed by atoms with Crippen LogP contribution < -0.4 is 16.6 Å². The first kappa shape index (κ1) is 15.1. The van der Waals surface area contributed by atoms with Crippen LogP contribution in [0.4, 0.5) is 0 Å². The van der Waals surface area contributed by atoms with Crippen LogP contribution in [0.25, 0.3) is 22.6 Å². The Labute approximate surface area is 130 Å². The Morgan fingerprint density at radius 3 is 2.83 bits per heavy atom. The van der Waals surface area contributed by atoms with Gasteiger partial charge in [0.25, 0.3) is 11.4 Å². The average molecular weight is 316 g/mol. The summed E-state index contributed by atoms with van der Waals surface area (Å²) in [5, 5.41) is 7.34. The molecular formula is C14H16N6O3. The average Bonchev–Trinajstić information content (AvgIpc) is 2.94. The Morgan fingerprint density at radius 1 is 1.30 bits per heavy atom. The van der Waals surface area contributed by atoms with Gasteiger partial charge in [-0.3, -0.25) is 14.8 Å². The smallest absolute Gasteiger partial charge is 0.327 e. The van der Waals surface area contributed by atoms with E-state index in [9.17, 15) is 9.59 Å². The van der Waals surface area contributed by atoms with E-state index in [1.807, 2.05) is 14.0 Å². The van der Waals surface area contributed by atoms with Gasteiger partial charge >= 0.3 is 5.69 Å². The molecule has 3 heterocycles. The Hall–Kier alpha value is -2.81. The molecule has 0 radical (unpaired) electrons. The number of nitrogens with zero attached hydrogens (tertiary/aromatic N) is 3. The number of fused-ring (bicyclic) bond motifs is 1. The standard InChI is InChI=1S/C14H16N6O3/c1-6-4-8(13-17-9(20-23-13)5-7(2)15-3)16-11-10(6)12(21)19-14(22)18-11/h4,7,15H,5H2,1-3H3,(H2,16,18,19,21,22). The molecule has 120 valence electrons. The van der Waals surface area contributed by atoms with Crippen molar-refractivity contribution in [2.24, 2.45) is 0 Å². The highest BCUT2D eigenvalue weighted by Crippen LogP contribution is 2.20. The summed E-state index contributed by atoms with van der Waals surface area (Å²) >= 11 is 0. The van der Waals surface area contributed by atoms with Gasteiger partial charge in [-0.25, -0.2) is 9.78 Å². The van der Waals surface area contributed by atoms with Crippen molar-refractivity contribution in [3.05, 3.63) is 38.3 Å². The second-order valence-electron chi connectivity index (χ2n) is 5.37. The quantitative estimate of drug-likeness (QED) is 0.623. The molecule has 1 unspecified atom stereocenters. The van der Waals surface area contributed by atoms with Gasteiger partial charge < -0.3 is 9.84 Å². The van der Waals surface area contributed by atoms with Crippen LogP contribution in [0.5, 0.6) is 0 Å². The monoisotopic (exact) mass is 316 g/mol. The van der Waals surface area contributed by atoms with Gasteiger partial charge in [0.2, 0.25) is 0 Å². The maximum absolute atomic E-state index is 11.9. The molecule has 3 N–H and O–H groups in total. The molecule has 3 rings (SSSR count). The van der Waals surface area contributed by atoms with Gasteiger partial charge in [-0.15, -0.1) is 0 Å². The van der Waals surface area contributed by atoms with Crippen LogP contribution >= 0.6 is 0 Å². The van der Waals surface area contributed by atoms with Gasteiger partial charge in [0.15, 0.2) is 5.82 Å². The number of hydrogen-bond donors (Lipinski definition) is 3. The number of hydrogen-bond acceptors (Lipinski definition) is 7. The van der Waals surface area contributed by atoms with Crippen LogP contribution in [0.1, 0.15) is 18.3 Å². The maximum Gasteiger partial charge on any atom is 0.327 e. The van der Waals surface area contributed by atoms with Crippen molar-refractivity contribution in [3.8, 4) is 11.6 Å². The third-order valence-corrected chi connectivity index (χ3v) is 3.57. The van der Waals surface area contributed by atoms with E-state index >= 15 is 0 Å². The van der Waals surface area contributed by atoms with E-state index in [2.05, 4.69) is 30.4 Å². The summed E-state index contributed by atoms with van der Waals surface area (Å²) in [6, 6.07) is 1.89. The first-order chi connectivity index (χ1) is 11.0. The van der Waals surface area contributed by atoms with Crippen molar-refractivity contribution >= 4 is 11.0 Å². The summed E-state index contributed by atoms with van der Waals surface area (Å²) in [5.41, 5.74) is 0.171. The number of rotatable bonds is 4. The molecule has 0 amide bonds. The summed E-state index contributed by atoms with van der Waals surface area (Å²) in [4.78, 5) is 36.5. The molecule has 3 aromatic rings. The SMILES string of the molecule is CNC(C)Cc1noc(-c2cc(C)c3c(=O)[nH]c(=O)[nH]c3n2)n1. The lowest BCUT2D eigenvalue weighted by Gasteiger charge is -2.04. The summed E-state index contributed by atoms with van der Waals surface area (Å²) in [5.74, 6) is 0.801. The largest absolute Gasteiger partial charge is 0.332 e. The number of nitrogens with one attached hydrogen (secondary N) is 3. The molecule has 0 aromatic carbocycles. The normalized spacial score (nSPS) is 12.7. The first-order valence-corrected chi connectivity index (χ1v) is 7.12. The van der Waals surface area contributed by atoms with Crippen LogP contribution in [-0.4, -0.2) is 38.2 Å². The second kappa shape index (κ2) is 5.76. The molecule has 0 saturated carbocycles. The topological polar surface area (TPSA) is 130 Å². The number of aromatic amines is 2.